The van der Waals surface area contributed by atoms with Crippen LogP contribution in [0.2, 0.25) is 0 Å². The van der Waals surface area contributed by atoms with Gasteiger partial charge in [-0.25, -0.2) is 4.98 Å². The zero-order chi connectivity index (χ0) is 18.9. The molecule has 2 aromatic heterocycles. The van der Waals surface area contributed by atoms with Crippen LogP contribution in [-0.4, -0.2) is 21.2 Å². The standard InChI is InChI=1S/C19H21N3O2S2/c1-19(2,3)13-7-5-6-8-14(13)20-15(23)11-26-18-21-16-12(9-10-25-16)17(24)22(18)4/h5-10H,11H2,1-4H3,(H,20,23). The second-order valence-corrected chi connectivity index (χ2v) is 8.87. The van der Waals surface area contributed by atoms with Crippen molar-refractivity contribution in [1.29, 1.82) is 0 Å². The van der Waals surface area contributed by atoms with Gasteiger partial charge in [0.25, 0.3) is 5.56 Å². The Bertz CT molecular complexity index is 1020. The quantitative estimate of drug-likeness (QED) is 0.542. The Hall–Kier alpha value is -2.12. The summed E-state index contributed by atoms with van der Waals surface area (Å²) in [5.74, 6) is 0.0718. The van der Waals surface area contributed by atoms with Crippen LogP contribution < -0.4 is 10.9 Å². The van der Waals surface area contributed by atoms with Crippen LogP contribution in [0.1, 0.15) is 26.3 Å². The van der Waals surface area contributed by atoms with Crippen molar-refractivity contribution >= 4 is 44.9 Å². The van der Waals surface area contributed by atoms with Crippen molar-refractivity contribution in [2.45, 2.75) is 31.3 Å². The van der Waals surface area contributed by atoms with Crippen LogP contribution in [0.4, 0.5) is 5.69 Å². The first-order valence-electron chi connectivity index (χ1n) is 8.24. The SMILES string of the molecule is Cn1c(SCC(=O)Nc2ccccc2C(C)(C)C)nc2sccc2c1=O. The van der Waals surface area contributed by atoms with Crippen molar-refractivity contribution in [3.8, 4) is 0 Å². The molecule has 26 heavy (non-hydrogen) atoms. The lowest BCUT2D eigenvalue weighted by molar-refractivity contribution is -0.113. The molecular formula is C19H21N3O2S2. The third-order valence-corrected chi connectivity index (χ3v) is 5.84. The van der Waals surface area contributed by atoms with Crippen molar-refractivity contribution in [1.82, 2.24) is 9.55 Å². The maximum Gasteiger partial charge on any atom is 0.262 e. The van der Waals surface area contributed by atoms with Crippen molar-refractivity contribution in [3.05, 3.63) is 51.6 Å². The lowest BCUT2D eigenvalue weighted by Crippen LogP contribution is -2.22. The van der Waals surface area contributed by atoms with Gasteiger partial charge in [0.1, 0.15) is 4.83 Å². The smallest absolute Gasteiger partial charge is 0.262 e. The number of carbonyl (C=O) groups excluding carboxylic acids is 1. The van der Waals surface area contributed by atoms with Crippen LogP contribution in [-0.2, 0) is 17.3 Å². The number of amides is 1. The largest absolute Gasteiger partial charge is 0.325 e. The van der Waals surface area contributed by atoms with Crippen molar-refractivity contribution in [2.75, 3.05) is 11.1 Å². The van der Waals surface area contributed by atoms with Crippen molar-refractivity contribution in [2.24, 2.45) is 7.05 Å². The number of hydrogen-bond donors (Lipinski definition) is 1. The summed E-state index contributed by atoms with van der Waals surface area (Å²) in [6.45, 7) is 6.34. The minimum absolute atomic E-state index is 0.0628. The Balaban J connectivity index is 1.75. The first-order chi connectivity index (χ1) is 12.3. The highest BCUT2D eigenvalue weighted by Crippen LogP contribution is 2.29. The van der Waals surface area contributed by atoms with Gasteiger partial charge in [-0.3, -0.25) is 14.2 Å². The lowest BCUT2D eigenvalue weighted by Gasteiger charge is -2.23. The van der Waals surface area contributed by atoms with Gasteiger partial charge >= 0.3 is 0 Å². The van der Waals surface area contributed by atoms with Crippen LogP contribution in [0.5, 0.6) is 0 Å². The van der Waals surface area contributed by atoms with Gasteiger partial charge in [-0.1, -0.05) is 50.7 Å². The second-order valence-electron chi connectivity index (χ2n) is 7.03. The highest BCUT2D eigenvalue weighted by molar-refractivity contribution is 7.99. The summed E-state index contributed by atoms with van der Waals surface area (Å²) < 4.78 is 1.50. The zero-order valence-electron chi connectivity index (χ0n) is 15.2. The molecule has 5 nitrogen and oxygen atoms in total. The van der Waals surface area contributed by atoms with E-state index in [0.717, 1.165) is 11.3 Å². The molecule has 0 aliphatic carbocycles. The molecule has 3 aromatic rings. The first-order valence-corrected chi connectivity index (χ1v) is 10.1. The van der Waals surface area contributed by atoms with E-state index in [0.29, 0.717) is 15.4 Å². The van der Waals surface area contributed by atoms with E-state index in [1.165, 1.54) is 27.7 Å². The summed E-state index contributed by atoms with van der Waals surface area (Å²) in [5.41, 5.74) is 1.76. The summed E-state index contributed by atoms with van der Waals surface area (Å²) in [6, 6.07) is 9.60. The highest BCUT2D eigenvalue weighted by Gasteiger charge is 2.19. The Morgan fingerprint density at radius 3 is 2.73 bits per heavy atom. The number of rotatable bonds is 4. The molecule has 1 amide bonds. The molecule has 0 spiro atoms. The molecule has 0 radical (unpaired) electrons. The average molecular weight is 388 g/mol. The van der Waals surface area contributed by atoms with Gasteiger partial charge in [0.15, 0.2) is 5.16 Å². The minimum Gasteiger partial charge on any atom is -0.325 e. The number of fused-ring (bicyclic) bond motifs is 1. The number of hydrogen-bond acceptors (Lipinski definition) is 5. The number of aromatic nitrogens is 2. The van der Waals surface area contributed by atoms with E-state index >= 15 is 0 Å². The highest BCUT2D eigenvalue weighted by atomic mass is 32.2. The van der Waals surface area contributed by atoms with E-state index in [9.17, 15) is 9.59 Å². The molecule has 7 heteroatoms. The number of benzene rings is 1. The van der Waals surface area contributed by atoms with E-state index in [1.807, 2.05) is 29.6 Å². The molecule has 0 bridgehead atoms. The number of thiophene rings is 1. The molecule has 0 aliphatic rings. The Kier molecular flexibility index (Phi) is 5.20. The fourth-order valence-corrected chi connectivity index (χ4v) is 4.25. The first kappa shape index (κ1) is 18.7. The molecule has 0 saturated heterocycles. The fourth-order valence-electron chi connectivity index (χ4n) is 2.67. The number of nitrogens with zero attached hydrogens (tertiary/aromatic N) is 2. The van der Waals surface area contributed by atoms with E-state index in [2.05, 4.69) is 31.1 Å². The number of anilines is 1. The number of thioether (sulfide) groups is 1. The van der Waals surface area contributed by atoms with Crippen molar-refractivity contribution < 1.29 is 4.79 Å². The molecule has 0 atom stereocenters. The topological polar surface area (TPSA) is 64.0 Å². The Morgan fingerprint density at radius 1 is 1.27 bits per heavy atom. The summed E-state index contributed by atoms with van der Waals surface area (Å²) in [4.78, 5) is 29.9. The normalized spacial score (nSPS) is 11.7. The molecule has 0 aliphatic heterocycles. The summed E-state index contributed by atoms with van der Waals surface area (Å²) in [5, 5.41) is 5.99. The van der Waals surface area contributed by atoms with Crippen LogP contribution in [0.25, 0.3) is 10.2 Å². The van der Waals surface area contributed by atoms with Gasteiger partial charge in [0.2, 0.25) is 5.91 Å². The van der Waals surface area contributed by atoms with Gasteiger partial charge < -0.3 is 5.32 Å². The third kappa shape index (κ3) is 3.83. The zero-order valence-corrected chi connectivity index (χ0v) is 16.8. The van der Waals surface area contributed by atoms with E-state index in [4.69, 9.17) is 0 Å². The van der Waals surface area contributed by atoms with Crippen LogP contribution in [0.3, 0.4) is 0 Å². The summed E-state index contributed by atoms with van der Waals surface area (Å²) >= 11 is 2.69. The van der Waals surface area contributed by atoms with E-state index in [1.54, 1.807) is 13.1 Å². The fraction of sp³-hybridized carbons (Fsp3) is 0.316. The molecule has 0 saturated carbocycles. The van der Waals surface area contributed by atoms with Crippen molar-refractivity contribution in [3.63, 3.8) is 0 Å². The number of para-hydroxylation sites is 1. The molecule has 1 N–H and O–H groups in total. The maximum atomic E-state index is 12.4. The predicted octanol–water partition coefficient (Wildman–Crippen LogP) is 4.02. The van der Waals surface area contributed by atoms with E-state index < -0.39 is 0 Å². The molecule has 0 fully saturated rings. The maximum absolute atomic E-state index is 12.4. The monoisotopic (exact) mass is 387 g/mol. The molecule has 0 unspecified atom stereocenters. The molecule has 136 valence electrons. The van der Waals surface area contributed by atoms with Gasteiger partial charge in [-0.05, 0) is 28.5 Å². The Morgan fingerprint density at radius 2 is 2.00 bits per heavy atom. The molecule has 1 aromatic carbocycles. The lowest BCUT2D eigenvalue weighted by atomic mass is 9.86. The van der Waals surface area contributed by atoms with Gasteiger partial charge in [0.05, 0.1) is 11.1 Å². The molecule has 2 heterocycles. The Labute approximate surface area is 160 Å². The predicted molar refractivity (Wildman–Crippen MR) is 109 cm³/mol. The van der Waals surface area contributed by atoms with Crippen LogP contribution >= 0.6 is 23.1 Å². The van der Waals surface area contributed by atoms with E-state index in [-0.39, 0.29) is 22.6 Å². The minimum atomic E-state index is -0.118. The summed E-state index contributed by atoms with van der Waals surface area (Å²) in [6.07, 6.45) is 0. The van der Waals surface area contributed by atoms with Crippen LogP contribution in [0, 0.1) is 0 Å². The van der Waals surface area contributed by atoms with Gasteiger partial charge in [-0.2, -0.15) is 0 Å². The summed E-state index contributed by atoms with van der Waals surface area (Å²) in [7, 11) is 1.68. The van der Waals surface area contributed by atoms with Gasteiger partial charge in [0, 0.05) is 12.7 Å². The second kappa shape index (κ2) is 7.25. The third-order valence-electron chi connectivity index (χ3n) is 4.01. The average Bonchev–Trinajstić information content (AvgIpc) is 3.05. The number of carbonyl (C=O) groups is 1. The van der Waals surface area contributed by atoms with Gasteiger partial charge in [-0.15, -0.1) is 11.3 Å². The molecule has 3 rings (SSSR count). The number of nitrogens with one attached hydrogen (secondary N) is 1. The van der Waals surface area contributed by atoms with Crippen LogP contribution in [0.15, 0.2) is 45.7 Å². The molecular weight excluding hydrogens is 366 g/mol.